The summed E-state index contributed by atoms with van der Waals surface area (Å²) in [6, 6.07) is 3.89. The van der Waals surface area contributed by atoms with E-state index in [0.717, 1.165) is 22.9 Å². The van der Waals surface area contributed by atoms with Crippen molar-refractivity contribution in [1.82, 2.24) is 0 Å². The summed E-state index contributed by atoms with van der Waals surface area (Å²) in [5.41, 5.74) is 2.88. The highest BCUT2D eigenvalue weighted by molar-refractivity contribution is 9.09. The topological polar surface area (TPSA) is 0 Å². The summed E-state index contributed by atoms with van der Waals surface area (Å²) in [5, 5.41) is 1.54. The number of alkyl halides is 1. The van der Waals surface area contributed by atoms with Crippen LogP contribution in [0.3, 0.4) is 0 Å². The summed E-state index contributed by atoms with van der Waals surface area (Å²) in [4.78, 5) is 0.358. The Kier molecular flexibility index (Phi) is 3.59. The molecule has 0 saturated heterocycles. The predicted molar refractivity (Wildman–Crippen MR) is 74.8 cm³/mol. The molecule has 3 heteroatoms. The Balaban J connectivity index is 2.49. The van der Waals surface area contributed by atoms with Crippen LogP contribution in [-0.4, -0.2) is 0 Å². The number of benzene rings is 1. The molecule has 1 aromatic rings. The first-order chi connectivity index (χ1) is 7.39. The maximum absolute atomic E-state index is 6.27. The van der Waals surface area contributed by atoms with Gasteiger partial charge in [-0.1, -0.05) is 53.0 Å². The molecule has 1 aliphatic carbocycles. The summed E-state index contributed by atoms with van der Waals surface area (Å²) in [7, 11) is 0. The van der Waals surface area contributed by atoms with Gasteiger partial charge in [-0.15, -0.1) is 0 Å². The van der Waals surface area contributed by atoms with Crippen molar-refractivity contribution in [1.29, 1.82) is 0 Å². The average Bonchev–Trinajstić information content (AvgIpc) is 2.23. The van der Waals surface area contributed by atoms with Crippen LogP contribution in [-0.2, 0) is 6.42 Å². The fraction of sp³-hybridized carbons (Fsp3) is 0.538. The van der Waals surface area contributed by atoms with Crippen LogP contribution in [0, 0.1) is 5.41 Å². The maximum atomic E-state index is 6.27. The molecule has 0 fully saturated rings. The summed E-state index contributed by atoms with van der Waals surface area (Å²) < 4.78 is 0. The molecule has 0 bridgehead atoms. The molecule has 0 N–H and O–H groups in total. The molecule has 0 aliphatic heterocycles. The van der Waals surface area contributed by atoms with Gasteiger partial charge in [0, 0.05) is 14.9 Å². The third-order valence-electron chi connectivity index (χ3n) is 3.32. The van der Waals surface area contributed by atoms with Gasteiger partial charge in [0.05, 0.1) is 0 Å². The third kappa shape index (κ3) is 2.57. The standard InChI is InChI=1S/C13H15BrCl2/c1-13(2)4-3-9-10(11(14)7-13)5-8(15)6-12(9)16/h5-6,11H,3-4,7H2,1-2H3. The largest absolute Gasteiger partial charge is 0.0843 e. The van der Waals surface area contributed by atoms with Gasteiger partial charge in [0.1, 0.15) is 0 Å². The Bertz CT molecular complexity index is 413. The van der Waals surface area contributed by atoms with Crippen LogP contribution < -0.4 is 0 Å². The van der Waals surface area contributed by atoms with Crippen molar-refractivity contribution in [2.75, 3.05) is 0 Å². The minimum Gasteiger partial charge on any atom is -0.0843 e. The lowest BCUT2D eigenvalue weighted by atomic mass is 9.84. The minimum atomic E-state index is 0.350. The molecule has 0 heterocycles. The highest BCUT2D eigenvalue weighted by Gasteiger charge is 2.29. The van der Waals surface area contributed by atoms with Crippen molar-refractivity contribution in [3.05, 3.63) is 33.3 Å². The molecule has 0 amide bonds. The lowest BCUT2D eigenvalue weighted by molar-refractivity contribution is 0.316. The Morgan fingerprint density at radius 2 is 2.00 bits per heavy atom. The molecule has 1 unspecified atom stereocenters. The Morgan fingerprint density at radius 3 is 2.69 bits per heavy atom. The summed E-state index contributed by atoms with van der Waals surface area (Å²) in [6.07, 6.45) is 3.33. The van der Waals surface area contributed by atoms with Crippen molar-refractivity contribution in [2.45, 2.75) is 37.9 Å². The Labute approximate surface area is 115 Å². The molecule has 88 valence electrons. The average molecular weight is 322 g/mol. The predicted octanol–water partition coefficient (Wildman–Crippen LogP) is 5.79. The van der Waals surface area contributed by atoms with E-state index >= 15 is 0 Å². The van der Waals surface area contributed by atoms with Gasteiger partial charge in [-0.05, 0) is 47.9 Å². The molecule has 1 aromatic carbocycles. The van der Waals surface area contributed by atoms with E-state index in [-0.39, 0.29) is 0 Å². The molecule has 0 aromatic heterocycles. The molecule has 0 spiro atoms. The maximum Gasteiger partial charge on any atom is 0.0455 e. The number of hydrogen-bond donors (Lipinski definition) is 0. The molecular formula is C13H15BrCl2. The second-order valence-electron chi connectivity index (χ2n) is 5.29. The first-order valence-electron chi connectivity index (χ1n) is 5.51. The van der Waals surface area contributed by atoms with Crippen LogP contribution >= 0.6 is 39.1 Å². The first kappa shape index (κ1) is 12.7. The normalized spacial score (nSPS) is 23.7. The van der Waals surface area contributed by atoms with Crippen molar-refractivity contribution in [3.63, 3.8) is 0 Å². The van der Waals surface area contributed by atoms with Gasteiger partial charge in [0.2, 0.25) is 0 Å². The van der Waals surface area contributed by atoms with E-state index in [1.807, 2.05) is 12.1 Å². The van der Waals surface area contributed by atoms with E-state index in [1.165, 1.54) is 17.5 Å². The summed E-state index contributed by atoms with van der Waals surface area (Å²) in [5.74, 6) is 0. The van der Waals surface area contributed by atoms with E-state index in [4.69, 9.17) is 23.2 Å². The van der Waals surface area contributed by atoms with Crippen molar-refractivity contribution in [2.24, 2.45) is 5.41 Å². The minimum absolute atomic E-state index is 0.350. The van der Waals surface area contributed by atoms with Crippen LogP contribution in [0.2, 0.25) is 10.0 Å². The molecular weight excluding hydrogens is 307 g/mol. The van der Waals surface area contributed by atoms with Gasteiger partial charge in [-0.2, -0.15) is 0 Å². The summed E-state index contributed by atoms with van der Waals surface area (Å²) in [6.45, 7) is 4.62. The summed E-state index contributed by atoms with van der Waals surface area (Å²) >= 11 is 16.1. The Hall–Kier alpha value is 0.280. The lowest BCUT2D eigenvalue weighted by Gasteiger charge is -2.23. The third-order valence-corrected chi connectivity index (χ3v) is 4.69. The van der Waals surface area contributed by atoms with Crippen molar-refractivity contribution >= 4 is 39.1 Å². The van der Waals surface area contributed by atoms with Gasteiger partial charge in [0.25, 0.3) is 0 Å². The zero-order valence-corrected chi connectivity index (χ0v) is 12.6. The van der Waals surface area contributed by atoms with E-state index in [2.05, 4.69) is 29.8 Å². The molecule has 2 rings (SSSR count). The molecule has 16 heavy (non-hydrogen) atoms. The number of rotatable bonds is 0. The van der Waals surface area contributed by atoms with E-state index in [9.17, 15) is 0 Å². The quantitative estimate of drug-likeness (QED) is 0.419. The van der Waals surface area contributed by atoms with E-state index in [1.54, 1.807) is 0 Å². The highest BCUT2D eigenvalue weighted by Crippen LogP contribution is 2.45. The van der Waals surface area contributed by atoms with E-state index in [0.29, 0.717) is 10.2 Å². The van der Waals surface area contributed by atoms with Crippen LogP contribution in [0.4, 0.5) is 0 Å². The van der Waals surface area contributed by atoms with Crippen LogP contribution in [0.5, 0.6) is 0 Å². The molecule has 0 nitrogen and oxygen atoms in total. The zero-order valence-electron chi connectivity index (χ0n) is 9.49. The van der Waals surface area contributed by atoms with Gasteiger partial charge in [-0.25, -0.2) is 0 Å². The van der Waals surface area contributed by atoms with E-state index < -0.39 is 0 Å². The molecule has 0 saturated carbocycles. The smallest absolute Gasteiger partial charge is 0.0455 e. The highest BCUT2D eigenvalue weighted by atomic mass is 79.9. The van der Waals surface area contributed by atoms with Crippen LogP contribution in [0.25, 0.3) is 0 Å². The second-order valence-corrected chi connectivity index (χ2v) is 7.24. The molecule has 0 radical (unpaired) electrons. The van der Waals surface area contributed by atoms with Crippen LogP contribution in [0.1, 0.15) is 42.6 Å². The lowest BCUT2D eigenvalue weighted by Crippen LogP contribution is -2.11. The number of fused-ring (bicyclic) bond motifs is 1. The number of halogens is 3. The van der Waals surface area contributed by atoms with Gasteiger partial charge in [-0.3, -0.25) is 0 Å². The van der Waals surface area contributed by atoms with Crippen molar-refractivity contribution < 1.29 is 0 Å². The van der Waals surface area contributed by atoms with Crippen molar-refractivity contribution in [3.8, 4) is 0 Å². The fourth-order valence-corrected chi connectivity index (χ4v) is 4.22. The van der Waals surface area contributed by atoms with Gasteiger partial charge in [0.15, 0.2) is 0 Å². The molecule has 1 aliphatic rings. The molecule has 1 atom stereocenters. The fourth-order valence-electron chi connectivity index (χ4n) is 2.33. The monoisotopic (exact) mass is 320 g/mol. The first-order valence-corrected chi connectivity index (χ1v) is 7.18. The Morgan fingerprint density at radius 1 is 1.31 bits per heavy atom. The van der Waals surface area contributed by atoms with Gasteiger partial charge >= 0.3 is 0 Å². The zero-order chi connectivity index (χ0) is 11.9. The number of hydrogen-bond acceptors (Lipinski definition) is 0. The SMILES string of the molecule is CC1(C)CCc2c(Cl)cc(Cl)cc2C(Br)C1. The van der Waals surface area contributed by atoms with Crippen LogP contribution in [0.15, 0.2) is 12.1 Å². The van der Waals surface area contributed by atoms with Gasteiger partial charge < -0.3 is 0 Å². The second kappa shape index (κ2) is 4.51.